The van der Waals surface area contributed by atoms with Crippen LogP contribution < -0.4 is 16.1 Å². The molecule has 2 aromatic carbocycles. The highest BCUT2D eigenvalue weighted by Crippen LogP contribution is 2.21. The van der Waals surface area contributed by atoms with E-state index in [0.717, 1.165) is 0 Å². The number of hydrogen-bond acceptors (Lipinski definition) is 6. The third-order valence-corrected chi connectivity index (χ3v) is 4.42. The molecule has 0 heterocycles. The first-order valence-electron chi connectivity index (χ1n) is 11.1. The normalized spacial score (nSPS) is 11.1. The van der Waals surface area contributed by atoms with Crippen molar-refractivity contribution in [2.24, 2.45) is 5.10 Å². The maximum atomic E-state index is 11.9. The highest BCUT2D eigenvalue weighted by atomic mass is 16.6. The molecule has 0 aliphatic carbocycles. The summed E-state index contributed by atoms with van der Waals surface area (Å²) in [5.74, 6) is -0.379. The number of para-hydroxylation sites is 2. The van der Waals surface area contributed by atoms with Crippen LogP contribution in [-0.4, -0.2) is 34.8 Å². The number of phenolic OH excluding ortho intramolecular Hbond substituents is 1. The minimum absolute atomic E-state index is 0.0270. The minimum Gasteiger partial charge on any atom is -0.506 e. The molecule has 3 amide bonds. The number of nitrogens with one attached hydrogen (secondary N) is 3. The van der Waals surface area contributed by atoms with E-state index in [1.807, 2.05) is 0 Å². The van der Waals surface area contributed by atoms with E-state index in [9.17, 15) is 19.5 Å². The molecule has 4 N–H and O–H groups in total. The zero-order chi connectivity index (χ0) is 25.0. The maximum absolute atomic E-state index is 11.9. The van der Waals surface area contributed by atoms with Gasteiger partial charge in [-0.05, 0) is 63.4 Å². The van der Waals surface area contributed by atoms with Crippen LogP contribution in [0.25, 0.3) is 0 Å². The Bertz CT molecular complexity index is 1010. The third kappa shape index (κ3) is 10.6. The fraction of sp³-hybridized carbons (Fsp3) is 0.360. The Kier molecular flexibility index (Phi) is 10.1. The summed E-state index contributed by atoms with van der Waals surface area (Å²) in [6, 6.07) is 13.5. The Morgan fingerprint density at radius 2 is 1.65 bits per heavy atom. The number of unbranched alkanes of at least 4 members (excludes halogenated alkanes) is 2. The molecule has 0 saturated heterocycles. The van der Waals surface area contributed by atoms with Crippen molar-refractivity contribution in [3.8, 4) is 5.75 Å². The van der Waals surface area contributed by atoms with Crippen molar-refractivity contribution in [2.75, 3.05) is 10.6 Å². The minimum atomic E-state index is -0.591. The molecule has 0 aromatic heterocycles. The average molecular weight is 469 g/mol. The van der Waals surface area contributed by atoms with E-state index in [1.54, 1.807) is 63.2 Å². The van der Waals surface area contributed by atoms with Gasteiger partial charge in [-0.25, -0.2) is 10.2 Å². The SMILES string of the molecule is CC(C)(C)OC(=O)Nc1cccc(/C=N/NC(=O)CCCCCC(=O)Nc2ccccc2O)c1. The second kappa shape index (κ2) is 13.0. The molecule has 0 saturated carbocycles. The van der Waals surface area contributed by atoms with Crippen molar-refractivity contribution in [2.45, 2.75) is 58.5 Å². The van der Waals surface area contributed by atoms with Gasteiger partial charge in [0.05, 0.1) is 11.9 Å². The molecule has 0 spiro atoms. The molecule has 0 bridgehead atoms. The van der Waals surface area contributed by atoms with Crippen molar-refractivity contribution in [1.82, 2.24) is 5.43 Å². The lowest BCUT2D eigenvalue weighted by molar-refractivity contribution is -0.121. The highest BCUT2D eigenvalue weighted by Gasteiger charge is 2.16. The van der Waals surface area contributed by atoms with Crippen molar-refractivity contribution in [3.05, 3.63) is 54.1 Å². The van der Waals surface area contributed by atoms with E-state index in [4.69, 9.17) is 4.74 Å². The molecule has 0 fully saturated rings. The van der Waals surface area contributed by atoms with Crippen LogP contribution in [0.1, 0.15) is 58.4 Å². The van der Waals surface area contributed by atoms with E-state index >= 15 is 0 Å². The Morgan fingerprint density at radius 1 is 0.941 bits per heavy atom. The number of benzene rings is 2. The average Bonchev–Trinajstić information content (AvgIpc) is 2.74. The number of hydrogen-bond donors (Lipinski definition) is 4. The molecule has 0 atom stereocenters. The lowest BCUT2D eigenvalue weighted by Gasteiger charge is -2.19. The fourth-order valence-electron chi connectivity index (χ4n) is 2.89. The summed E-state index contributed by atoms with van der Waals surface area (Å²) in [4.78, 5) is 35.7. The number of nitrogens with zero attached hydrogens (tertiary/aromatic N) is 1. The summed E-state index contributed by atoms with van der Waals surface area (Å²) >= 11 is 0. The van der Waals surface area contributed by atoms with Crippen LogP contribution in [0.2, 0.25) is 0 Å². The molecule has 34 heavy (non-hydrogen) atoms. The summed E-state index contributed by atoms with van der Waals surface area (Å²) in [6.07, 6.45) is 3.50. The zero-order valence-corrected chi connectivity index (χ0v) is 19.8. The van der Waals surface area contributed by atoms with Crippen molar-refractivity contribution < 1.29 is 24.2 Å². The number of ether oxygens (including phenoxy) is 1. The largest absolute Gasteiger partial charge is 0.506 e. The van der Waals surface area contributed by atoms with Gasteiger partial charge in [0, 0.05) is 18.5 Å². The van der Waals surface area contributed by atoms with E-state index in [2.05, 4.69) is 21.2 Å². The molecule has 0 unspecified atom stereocenters. The number of rotatable bonds is 10. The van der Waals surface area contributed by atoms with E-state index in [0.29, 0.717) is 49.0 Å². The van der Waals surface area contributed by atoms with Gasteiger partial charge in [0.25, 0.3) is 0 Å². The van der Waals surface area contributed by atoms with E-state index in [-0.39, 0.29) is 17.6 Å². The monoisotopic (exact) mass is 468 g/mol. The summed E-state index contributed by atoms with van der Waals surface area (Å²) in [7, 11) is 0. The van der Waals surface area contributed by atoms with E-state index < -0.39 is 11.7 Å². The topological polar surface area (TPSA) is 129 Å². The Hall–Kier alpha value is -3.88. The van der Waals surface area contributed by atoms with Gasteiger partial charge in [-0.1, -0.05) is 30.7 Å². The first-order chi connectivity index (χ1) is 16.1. The van der Waals surface area contributed by atoms with E-state index in [1.165, 1.54) is 12.3 Å². The molecule has 182 valence electrons. The number of hydrazone groups is 1. The van der Waals surface area contributed by atoms with Gasteiger partial charge >= 0.3 is 6.09 Å². The van der Waals surface area contributed by atoms with Crippen LogP contribution in [0.3, 0.4) is 0 Å². The van der Waals surface area contributed by atoms with Gasteiger partial charge in [-0.15, -0.1) is 0 Å². The van der Waals surface area contributed by atoms with Crippen molar-refractivity contribution in [1.29, 1.82) is 0 Å². The number of aromatic hydroxyl groups is 1. The maximum Gasteiger partial charge on any atom is 0.412 e. The molecule has 2 aromatic rings. The van der Waals surface area contributed by atoms with Gasteiger partial charge < -0.3 is 15.2 Å². The van der Waals surface area contributed by atoms with Crippen LogP contribution in [0.15, 0.2) is 53.6 Å². The summed E-state index contributed by atoms with van der Waals surface area (Å²) in [6.45, 7) is 5.36. The van der Waals surface area contributed by atoms with Crippen molar-refractivity contribution >= 4 is 35.5 Å². The molecular weight excluding hydrogens is 436 g/mol. The standard InChI is InChI=1S/C25H32N4O5/c1-25(2,3)34-24(33)27-19-11-9-10-18(16-19)17-26-29-23(32)15-6-4-5-14-22(31)28-20-12-7-8-13-21(20)30/h7-13,16-17,30H,4-6,14-15H2,1-3H3,(H,27,33)(H,28,31)(H,29,32)/b26-17+. The van der Waals surface area contributed by atoms with Gasteiger partial charge in [0.2, 0.25) is 11.8 Å². The second-order valence-corrected chi connectivity index (χ2v) is 8.67. The highest BCUT2D eigenvalue weighted by molar-refractivity contribution is 5.92. The first kappa shape index (κ1) is 26.4. The predicted octanol–water partition coefficient (Wildman–Crippen LogP) is 4.78. The molecular formula is C25H32N4O5. The molecule has 0 aliphatic rings. The van der Waals surface area contributed by atoms with Crippen LogP contribution in [0.5, 0.6) is 5.75 Å². The summed E-state index contributed by atoms with van der Waals surface area (Å²) in [5, 5.41) is 18.9. The van der Waals surface area contributed by atoms with Gasteiger partial charge in [0.15, 0.2) is 0 Å². The zero-order valence-electron chi connectivity index (χ0n) is 19.8. The summed E-state index contributed by atoms with van der Waals surface area (Å²) in [5.41, 5.74) is 3.52. The molecule has 0 radical (unpaired) electrons. The lowest BCUT2D eigenvalue weighted by Crippen LogP contribution is -2.27. The number of carbonyl (C=O) groups is 3. The van der Waals surface area contributed by atoms with Crippen molar-refractivity contribution in [3.63, 3.8) is 0 Å². The lowest BCUT2D eigenvalue weighted by atomic mass is 10.1. The van der Waals surface area contributed by atoms with Crippen LogP contribution in [0, 0.1) is 0 Å². The van der Waals surface area contributed by atoms with Crippen LogP contribution >= 0.6 is 0 Å². The van der Waals surface area contributed by atoms with Gasteiger partial charge in [0.1, 0.15) is 11.4 Å². The molecule has 2 rings (SSSR count). The quantitative estimate of drug-likeness (QED) is 0.173. The Morgan fingerprint density at radius 3 is 2.35 bits per heavy atom. The summed E-state index contributed by atoms with van der Waals surface area (Å²) < 4.78 is 5.22. The number of carbonyl (C=O) groups excluding carboxylic acids is 3. The number of amides is 3. The third-order valence-electron chi connectivity index (χ3n) is 4.42. The number of anilines is 2. The smallest absolute Gasteiger partial charge is 0.412 e. The van der Waals surface area contributed by atoms with Gasteiger partial charge in [-0.3, -0.25) is 14.9 Å². The predicted molar refractivity (Wildman–Crippen MR) is 132 cm³/mol. The molecule has 0 aliphatic heterocycles. The van der Waals surface area contributed by atoms with Crippen LogP contribution in [-0.2, 0) is 14.3 Å². The Balaban J connectivity index is 1.64. The van der Waals surface area contributed by atoms with Gasteiger partial charge in [-0.2, -0.15) is 5.10 Å². The van der Waals surface area contributed by atoms with Crippen LogP contribution in [0.4, 0.5) is 16.2 Å². The number of phenols is 1. The second-order valence-electron chi connectivity index (χ2n) is 8.67. The fourth-order valence-corrected chi connectivity index (χ4v) is 2.89. The first-order valence-corrected chi connectivity index (χ1v) is 11.1. The molecule has 9 heteroatoms. The Labute approximate surface area is 199 Å². The molecule has 9 nitrogen and oxygen atoms in total.